The number of aromatic nitrogens is 5. The SMILES string of the molecule is CCN(C)C(=O)c1cnn(CCF)c1C(=O)Nc1ccn2cc(-c3ccccc3)nc2n1. The fourth-order valence-corrected chi connectivity index (χ4v) is 3.25. The van der Waals surface area contributed by atoms with Gasteiger partial charge in [0.15, 0.2) is 0 Å². The van der Waals surface area contributed by atoms with Gasteiger partial charge in [-0.05, 0) is 13.0 Å². The molecule has 0 atom stereocenters. The second kappa shape index (κ2) is 8.96. The highest BCUT2D eigenvalue weighted by Crippen LogP contribution is 2.19. The van der Waals surface area contributed by atoms with Gasteiger partial charge < -0.3 is 10.2 Å². The van der Waals surface area contributed by atoms with Gasteiger partial charge >= 0.3 is 0 Å². The number of nitrogens with zero attached hydrogens (tertiary/aromatic N) is 6. The minimum Gasteiger partial charge on any atom is -0.342 e. The summed E-state index contributed by atoms with van der Waals surface area (Å²) in [6.45, 7) is 1.41. The Morgan fingerprint density at radius 2 is 1.94 bits per heavy atom. The van der Waals surface area contributed by atoms with Crippen LogP contribution in [0.1, 0.15) is 27.8 Å². The topological polar surface area (TPSA) is 97.4 Å². The van der Waals surface area contributed by atoms with E-state index < -0.39 is 12.6 Å². The first kappa shape index (κ1) is 21.2. The van der Waals surface area contributed by atoms with Gasteiger partial charge in [0.25, 0.3) is 11.8 Å². The van der Waals surface area contributed by atoms with Gasteiger partial charge in [0, 0.05) is 31.5 Å². The number of hydrogen-bond donors (Lipinski definition) is 1. The number of alkyl halides is 1. The molecule has 4 aromatic rings. The van der Waals surface area contributed by atoms with Crippen LogP contribution in [-0.2, 0) is 6.54 Å². The molecule has 3 heterocycles. The Morgan fingerprint density at radius 1 is 1.16 bits per heavy atom. The Bertz CT molecular complexity index is 1270. The Morgan fingerprint density at radius 3 is 2.66 bits per heavy atom. The summed E-state index contributed by atoms with van der Waals surface area (Å²) < 4.78 is 15.9. The van der Waals surface area contributed by atoms with Crippen molar-refractivity contribution in [2.75, 3.05) is 25.6 Å². The van der Waals surface area contributed by atoms with Crippen LogP contribution in [0, 0.1) is 0 Å². The lowest BCUT2D eigenvalue weighted by molar-refractivity contribution is 0.0796. The molecule has 4 rings (SSSR count). The molecule has 0 aliphatic rings. The number of hydrogen-bond acceptors (Lipinski definition) is 5. The maximum Gasteiger partial charge on any atom is 0.275 e. The predicted molar refractivity (Wildman–Crippen MR) is 117 cm³/mol. The normalized spacial score (nSPS) is 11.0. The van der Waals surface area contributed by atoms with Gasteiger partial charge in [-0.15, -0.1) is 0 Å². The van der Waals surface area contributed by atoms with E-state index in [4.69, 9.17) is 0 Å². The van der Waals surface area contributed by atoms with Crippen molar-refractivity contribution in [1.29, 1.82) is 0 Å². The molecule has 1 N–H and O–H groups in total. The summed E-state index contributed by atoms with van der Waals surface area (Å²) >= 11 is 0. The molecule has 0 aliphatic carbocycles. The molecule has 0 radical (unpaired) electrons. The Labute approximate surface area is 183 Å². The summed E-state index contributed by atoms with van der Waals surface area (Å²) in [5, 5.41) is 6.70. The molecule has 0 spiro atoms. The van der Waals surface area contributed by atoms with E-state index >= 15 is 0 Å². The van der Waals surface area contributed by atoms with Crippen molar-refractivity contribution in [3.63, 3.8) is 0 Å². The molecule has 0 unspecified atom stereocenters. The highest BCUT2D eigenvalue weighted by Gasteiger charge is 2.25. The van der Waals surface area contributed by atoms with E-state index in [1.807, 2.05) is 43.5 Å². The van der Waals surface area contributed by atoms with Gasteiger partial charge in [0.05, 0.1) is 24.0 Å². The maximum absolute atomic E-state index is 13.0. The van der Waals surface area contributed by atoms with Crippen molar-refractivity contribution >= 4 is 23.4 Å². The van der Waals surface area contributed by atoms with Crippen LogP contribution in [0.5, 0.6) is 0 Å². The van der Waals surface area contributed by atoms with Gasteiger partial charge in [-0.3, -0.25) is 18.7 Å². The van der Waals surface area contributed by atoms with Gasteiger partial charge in [-0.2, -0.15) is 10.1 Å². The molecule has 10 heteroatoms. The van der Waals surface area contributed by atoms with Crippen molar-refractivity contribution in [2.24, 2.45) is 0 Å². The molecular formula is C22H22FN7O2. The van der Waals surface area contributed by atoms with Crippen molar-refractivity contribution in [2.45, 2.75) is 13.5 Å². The predicted octanol–water partition coefficient (Wildman–Crippen LogP) is 2.91. The van der Waals surface area contributed by atoms with Crippen LogP contribution in [0.25, 0.3) is 17.0 Å². The number of fused-ring (bicyclic) bond motifs is 1. The zero-order valence-corrected chi connectivity index (χ0v) is 17.7. The van der Waals surface area contributed by atoms with Crippen LogP contribution in [0.15, 0.2) is 55.0 Å². The number of amides is 2. The zero-order valence-electron chi connectivity index (χ0n) is 17.7. The summed E-state index contributed by atoms with van der Waals surface area (Å²) in [6.07, 6.45) is 4.86. The van der Waals surface area contributed by atoms with E-state index in [1.165, 1.54) is 15.8 Å². The highest BCUT2D eigenvalue weighted by atomic mass is 19.1. The van der Waals surface area contributed by atoms with Crippen molar-refractivity contribution in [1.82, 2.24) is 29.0 Å². The minimum absolute atomic E-state index is 0.0112. The van der Waals surface area contributed by atoms with Crippen LogP contribution in [-0.4, -0.2) is 61.1 Å². The number of halogens is 1. The monoisotopic (exact) mass is 435 g/mol. The second-order valence-electron chi connectivity index (χ2n) is 7.10. The van der Waals surface area contributed by atoms with Crippen molar-refractivity contribution in [3.8, 4) is 11.3 Å². The number of anilines is 1. The van der Waals surface area contributed by atoms with E-state index in [2.05, 4.69) is 20.4 Å². The average Bonchev–Trinajstić information content (AvgIpc) is 3.43. The first-order valence-electron chi connectivity index (χ1n) is 10.1. The average molecular weight is 435 g/mol. The van der Waals surface area contributed by atoms with Crippen LogP contribution in [0.2, 0.25) is 0 Å². The quantitative estimate of drug-likeness (QED) is 0.481. The summed E-state index contributed by atoms with van der Waals surface area (Å²) in [4.78, 5) is 36.0. The molecule has 32 heavy (non-hydrogen) atoms. The van der Waals surface area contributed by atoms with Crippen LogP contribution < -0.4 is 5.32 Å². The number of carbonyl (C=O) groups excluding carboxylic acids is 2. The van der Waals surface area contributed by atoms with E-state index in [1.54, 1.807) is 23.7 Å². The van der Waals surface area contributed by atoms with Gasteiger partial charge in [-0.25, -0.2) is 9.37 Å². The number of aryl methyl sites for hydroxylation is 1. The lowest BCUT2D eigenvalue weighted by Crippen LogP contribution is -2.29. The fraction of sp³-hybridized carbons (Fsp3) is 0.227. The smallest absolute Gasteiger partial charge is 0.275 e. The molecule has 0 bridgehead atoms. The summed E-state index contributed by atoms with van der Waals surface area (Å²) in [6, 6.07) is 11.3. The number of imidazole rings is 1. The van der Waals surface area contributed by atoms with Gasteiger partial charge in [0.2, 0.25) is 5.78 Å². The lowest BCUT2D eigenvalue weighted by atomic mass is 10.2. The lowest BCUT2D eigenvalue weighted by Gasteiger charge is -2.15. The number of carbonyl (C=O) groups is 2. The number of nitrogens with one attached hydrogen (secondary N) is 1. The molecule has 0 fully saturated rings. The number of rotatable bonds is 7. The molecular weight excluding hydrogens is 413 g/mol. The van der Waals surface area contributed by atoms with Gasteiger partial charge in [0.1, 0.15) is 18.2 Å². The molecule has 0 aliphatic heterocycles. The number of benzene rings is 1. The molecule has 9 nitrogen and oxygen atoms in total. The standard InChI is InChI=1S/C22H22FN7O2/c1-3-28(2)21(32)16-13-24-30(12-10-23)19(16)20(31)26-18-9-11-29-14-17(25-22(29)27-18)15-7-5-4-6-8-15/h4-9,11,13-14H,3,10,12H2,1-2H3,(H,25,26,27,31). The maximum atomic E-state index is 13.0. The second-order valence-corrected chi connectivity index (χ2v) is 7.10. The van der Waals surface area contributed by atoms with E-state index in [-0.39, 0.29) is 29.5 Å². The van der Waals surface area contributed by atoms with Gasteiger partial charge in [-0.1, -0.05) is 30.3 Å². The minimum atomic E-state index is -0.722. The van der Waals surface area contributed by atoms with Crippen LogP contribution >= 0.6 is 0 Å². The Kier molecular flexibility index (Phi) is 5.93. The summed E-state index contributed by atoms with van der Waals surface area (Å²) in [5.74, 6) is -0.314. The third-order valence-electron chi connectivity index (χ3n) is 5.04. The Balaban J connectivity index is 1.63. The third kappa shape index (κ3) is 4.07. The van der Waals surface area contributed by atoms with E-state index in [9.17, 15) is 14.0 Å². The van der Waals surface area contributed by atoms with Crippen LogP contribution in [0.3, 0.4) is 0 Å². The van der Waals surface area contributed by atoms with E-state index in [0.717, 1.165) is 11.3 Å². The first-order valence-corrected chi connectivity index (χ1v) is 10.1. The molecule has 0 saturated heterocycles. The van der Waals surface area contributed by atoms with Crippen molar-refractivity contribution < 1.29 is 14.0 Å². The molecule has 0 saturated carbocycles. The highest BCUT2D eigenvalue weighted by molar-refractivity contribution is 6.10. The molecule has 2 amide bonds. The Hall–Kier alpha value is -4.08. The third-order valence-corrected chi connectivity index (χ3v) is 5.04. The zero-order chi connectivity index (χ0) is 22.7. The largest absolute Gasteiger partial charge is 0.342 e. The molecule has 3 aromatic heterocycles. The summed E-state index contributed by atoms with van der Waals surface area (Å²) in [5.41, 5.74) is 1.79. The molecule has 164 valence electrons. The van der Waals surface area contributed by atoms with Crippen molar-refractivity contribution in [3.05, 3.63) is 66.2 Å². The summed E-state index contributed by atoms with van der Waals surface area (Å²) in [7, 11) is 1.62. The van der Waals surface area contributed by atoms with Crippen LogP contribution in [0.4, 0.5) is 10.2 Å². The molecule has 1 aromatic carbocycles. The van der Waals surface area contributed by atoms with E-state index in [0.29, 0.717) is 12.3 Å². The first-order chi connectivity index (χ1) is 15.5. The fourth-order valence-electron chi connectivity index (χ4n) is 3.25.